The van der Waals surface area contributed by atoms with Gasteiger partial charge >= 0.3 is 5.97 Å². The average Bonchev–Trinajstić information content (AvgIpc) is 3.47. The van der Waals surface area contributed by atoms with Crippen molar-refractivity contribution in [2.75, 3.05) is 12.5 Å². The quantitative estimate of drug-likeness (QED) is 0.0525. The van der Waals surface area contributed by atoms with Gasteiger partial charge in [0.25, 0.3) is 5.69 Å². The number of carboxylic acid groups (broad SMARTS) is 1. The number of benzene rings is 2. The number of aromatic carboxylic acids is 1. The fourth-order valence-electron chi connectivity index (χ4n) is 3.93. The molecule has 13 heteroatoms. The second kappa shape index (κ2) is 26.6. The largest absolute Gasteiger partial charge is 0.477 e. The summed E-state index contributed by atoms with van der Waals surface area (Å²) in [4.78, 5) is 34.1. The third-order valence-corrected chi connectivity index (χ3v) is 13.4. The van der Waals surface area contributed by atoms with Gasteiger partial charge in [-0.05, 0) is 101 Å². The summed E-state index contributed by atoms with van der Waals surface area (Å²) in [6.07, 6.45) is 10.5. The van der Waals surface area contributed by atoms with Gasteiger partial charge < -0.3 is 15.9 Å². The lowest BCUT2D eigenvalue weighted by atomic mass is 10.1. The van der Waals surface area contributed by atoms with Gasteiger partial charge in [0.1, 0.15) is 5.56 Å². The Morgan fingerprint density at radius 3 is 1.92 bits per heavy atom. The zero-order valence-corrected chi connectivity index (χ0v) is 35.0. The van der Waals surface area contributed by atoms with Crippen molar-refractivity contribution >= 4 is 85.7 Å². The van der Waals surface area contributed by atoms with Crippen LogP contribution in [0.2, 0.25) is 0 Å². The number of nitrogens with one attached hydrogen (secondary N) is 2. The first-order valence-electron chi connectivity index (χ1n) is 16.4. The third kappa shape index (κ3) is 21.9. The minimum Gasteiger partial charge on any atom is -0.477 e. The normalized spacial score (nSPS) is 15.1. The van der Waals surface area contributed by atoms with Crippen molar-refractivity contribution in [3.05, 3.63) is 80.8 Å². The monoisotopic (exact) mass is 781 g/mol. The molecule has 1 aliphatic heterocycles. The van der Waals surface area contributed by atoms with Gasteiger partial charge in [-0.1, -0.05) is 73.2 Å². The summed E-state index contributed by atoms with van der Waals surface area (Å²) < 4.78 is 0. The van der Waals surface area contributed by atoms with E-state index in [1.807, 2.05) is 73.4 Å². The fraction of sp³-hybridized carbons (Fsp3) is 0.514. The molecule has 8 nitrogen and oxygen atoms in total. The van der Waals surface area contributed by atoms with Crippen LogP contribution in [0.15, 0.2) is 58.8 Å². The molecule has 0 amide bonds. The van der Waals surface area contributed by atoms with E-state index in [2.05, 4.69) is 39.9 Å². The van der Waals surface area contributed by atoms with Crippen LogP contribution in [0.3, 0.4) is 0 Å². The highest BCUT2D eigenvalue weighted by molar-refractivity contribution is 8.76. The van der Waals surface area contributed by atoms with Crippen molar-refractivity contribution in [3.8, 4) is 0 Å². The van der Waals surface area contributed by atoms with E-state index in [-0.39, 0.29) is 11.3 Å². The number of hydrogen-bond donors (Lipinski definition) is 3. The molecular weight excluding hydrogens is 727 g/mol. The minimum atomic E-state index is -1.30. The van der Waals surface area contributed by atoms with Gasteiger partial charge in [0.05, 0.1) is 4.92 Å². The second-order valence-corrected chi connectivity index (χ2v) is 18.8. The van der Waals surface area contributed by atoms with Crippen molar-refractivity contribution in [1.29, 1.82) is 10.8 Å². The Balaban J connectivity index is 0.000000702. The molecule has 3 N–H and O–H groups in total. The predicted molar refractivity (Wildman–Crippen MR) is 225 cm³/mol. The Labute approximate surface area is 320 Å². The highest BCUT2D eigenvalue weighted by atomic mass is 33.1. The van der Waals surface area contributed by atoms with Gasteiger partial charge in [0.15, 0.2) is 5.78 Å². The molecule has 1 saturated heterocycles. The molecule has 3 rings (SSSR count). The van der Waals surface area contributed by atoms with E-state index in [9.17, 15) is 19.7 Å². The summed E-state index contributed by atoms with van der Waals surface area (Å²) in [5.41, 5.74) is 2.80. The van der Waals surface area contributed by atoms with Crippen molar-refractivity contribution in [3.63, 3.8) is 0 Å². The summed E-state index contributed by atoms with van der Waals surface area (Å²) in [7, 11) is 2.96. The molecule has 0 saturated carbocycles. The molecule has 0 aromatic heterocycles. The van der Waals surface area contributed by atoms with Crippen LogP contribution in [-0.4, -0.2) is 61.5 Å². The van der Waals surface area contributed by atoms with Gasteiger partial charge in [0, 0.05) is 48.9 Å². The van der Waals surface area contributed by atoms with Gasteiger partial charge in [-0.15, -0.1) is 11.8 Å². The summed E-state index contributed by atoms with van der Waals surface area (Å²) in [6.45, 7) is 17.7. The zero-order valence-electron chi connectivity index (χ0n) is 30.9. The maximum absolute atomic E-state index is 11.0. The molecule has 4 atom stereocenters. The standard InChI is InChI=1S/C13H16N2O4S2.C11H14OS.C7H15NS.C6H10S/c1-8(14)3-4-9(2)20-21-10-5-6-12(15(18)19)11(7-10)13(16)17;1-8(12)10-4-6-11(7-5-10)9(2)13-3;1-6(8)4-5-7(2)9-3;1-5-3-4-6(2)7-5/h5-7,9,14H,3-4H2,1-2H3,(H,16,17);4-7,9H,1-3H3;7-8H,4-5H2,1-3H3;6H,1,3-4H2,2H3. The average molecular weight is 782 g/mol. The molecule has 50 heavy (non-hydrogen) atoms. The van der Waals surface area contributed by atoms with E-state index in [0.717, 1.165) is 42.2 Å². The van der Waals surface area contributed by atoms with Crippen LogP contribution in [0.1, 0.15) is 119 Å². The first-order valence-corrected chi connectivity index (χ1v) is 22.0. The van der Waals surface area contributed by atoms with E-state index in [1.54, 1.807) is 30.7 Å². The van der Waals surface area contributed by atoms with Crippen molar-refractivity contribution < 1.29 is 19.6 Å². The van der Waals surface area contributed by atoms with Gasteiger partial charge in [-0.25, -0.2) is 4.79 Å². The molecule has 0 spiro atoms. The lowest BCUT2D eigenvalue weighted by Gasteiger charge is -2.10. The van der Waals surface area contributed by atoms with E-state index >= 15 is 0 Å². The molecule has 2 aromatic rings. The molecule has 278 valence electrons. The third-order valence-electron chi connectivity index (χ3n) is 7.30. The molecule has 0 radical (unpaired) electrons. The van der Waals surface area contributed by atoms with E-state index in [4.69, 9.17) is 15.9 Å². The number of nitro benzene ring substituents is 1. The number of allylic oxidation sites excluding steroid dienone is 1. The van der Waals surface area contributed by atoms with Crippen molar-refractivity contribution in [1.82, 2.24) is 0 Å². The first-order chi connectivity index (χ1) is 23.4. The lowest BCUT2D eigenvalue weighted by Crippen LogP contribution is -2.02. The van der Waals surface area contributed by atoms with Gasteiger partial charge in [-0.2, -0.15) is 23.5 Å². The Kier molecular flexibility index (Phi) is 25.4. The number of rotatable bonds is 15. The van der Waals surface area contributed by atoms with E-state index in [0.29, 0.717) is 26.4 Å². The van der Waals surface area contributed by atoms with Crippen LogP contribution in [0, 0.1) is 20.9 Å². The Morgan fingerprint density at radius 1 is 0.980 bits per heavy atom. The molecule has 2 aromatic carbocycles. The maximum atomic E-state index is 11.0. The highest BCUT2D eigenvalue weighted by Crippen LogP contribution is 2.38. The molecule has 1 aliphatic rings. The molecule has 1 fully saturated rings. The van der Waals surface area contributed by atoms with Crippen LogP contribution < -0.4 is 0 Å². The number of nitrogens with zero attached hydrogens (tertiary/aromatic N) is 1. The molecule has 0 aliphatic carbocycles. The number of carbonyl (C=O) groups is 2. The van der Waals surface area contributed by atoms with E-state index in [1.165, 1.54) is 46.2 Å². The number of carbonyl (C=O) groups excluding carboxylic acids is 1. The molecule has 1 heterocycles. The second-order valence-electron chi connectivity index (χ2n) is 12.0. The number of Topliss-reactive ketones (excluding diaryl/α,β-unsaturated/α-hetero) is 1. The Morgan fingerprint density at radius 2 is 1.54 bits per heavy atom. The Bertz CT molecular complexity index is 1400. The first kappa shape index (κ1) is 47.8. The van der Waals surface area contributed by atoms with Crippen LogP contribution in [0.5, 0.6) is 0 Å². The van der Waals surface area contributed by atoms with Crippen LogP contribution >= 0.6 is 56.9 Å². The molecule has 0 bridgehead atoms. The number of hydrogen-bond acceptors (Lipinski definition) is 11. The fourth-order valence-corrected chi connectivity index (χ4v) is 7.96. The summed E-state index contributed by atoms with van der Waals surface area (Å²) >= 11 is 5.60. The lowest BCUT2D eigenvalue weighted by molar-refractivity contribution is -0.385. The van der Waals surface area contributed by atoms with Gasteiger partial charge in [0.2, 0.25) is 0 Å². The number of carboxylic acids is 1. The van der Waals surface area contributed by atoms with Crippen LogP contribution in [-0.2, 0) is 0 Å². The SMILES string of the molecule is C=C1CCC(C)S1.CC(=N)CCC(C)SSc1ccc([N+](=O)[O-])c(C(=O)O)c1.CSC(C)CCC(C)=N.CSC(C)c1ccc(C(C)=O)cc1. The topological polar surface area (TPSA) is 145 Å². The van der Waals surface area contributed by atoms with Crippen LogP contribution in [0.4, 0.5) is 5.69 Å². The predicted octanol–water partition coefficient (Wildman–Crippen LogP) is 12.5. The van der Waals surface area contributed by atoms with Crippen molar-refractivity contribution in [2.24, 2.45) is 0 Å². The minimum absolute atomic E-state index is 0.128. The number of nitro groups is 1. The van der Waals surface area contributed by atoms with E-state index < -0.39 is 16.6 Å². The zero-order chi connectivity index (χ0) is 38.4. The Hall–Kier alpha value is -2.19. The van der Waals surface area contributed by atoms with Gasteiger partial charge in [-0.3, -0.25) is 14.9 Å². The van der Waals surface area contributed by atoms with Crippen molar-refractivity contribution in [2.45, 2.75) is 113 Å². The molecular formula is C37H55N3O5S5. The smallest absolute Gasteiger partial charge is 0.342 e. The maximum Gasteiger partial charge on any atom is 0.342 e. The van der Waals surface area contributed by atoms with Crippen LogP contribution in [0.25, 0.3) is 0 Å². The summed E-state index contributed by atoms with van der Waals surface area (Å²) in [5, 5.41) is 36.7. The molecule has 4 unspecified atom stereocenters. The number of thioether (sulfide) groups is 3. The summed E-state index contributed by atoms with van der Waals surface area (Å²) in [6, 6.07) is 11.9. The highest BCUT2D eigenvalue weighted by Gasteiger charge is 2.20. The number of ketones is 1. The summed E-state index contributed by atoms with van der Waals surface area (Å²) in [5.74, 6) is -1.18.